The second kappa shape index (κ2) is 7.87. The predicted octanol–water partition coefficient (Wildman–Crippen LogP) is 2.86. The molecule has 2 aliphatic heterocycles. The van der Waals surface area contributed by atoms with Gasteiger partial charge in [-0.2, -0.15) is 0 Å². The molecule has 2 aliphatic rings. The fraction of sp³-hybridized carbons (Fsp3) is 0.429. The molecule has 1 aromatic heterocycles. The van der Waals surface area contributed by atoms with Crippen molar-refractivity contribution < 1.29 is 4.79 Å². The quantitative estimate of drug-likeness (QED) is 0.925. The molecule has 0 aliphatic carbocycles. The molecule has 2 aromatic rings. The maximum Gasteiger partial charge on any atom is 0.254 e. The highest BCUT2D eigenvalue weighted by molar-refractivity contribution is 5.94. The Labute approximate surface area is 155 Å². The van der Waals surface area contributed by atoms with Crippen LogP contribution >= 0.6 is 0 Å². The van der Waals surface area contributed by atoms with Crippen LogP contribution in [0.3, 0.4) is 0 Å². The fourth-order valence-electron chi connectivity index (χ4n) is 3.87. The number of nitrogens with one attached hydrogen (secondary N) is 1. The van der Waals surface area contributed by atoms with Crippen molar-refractivity contribution in [1.82, 2.24) is 15.2 Å². The first-order chi connectivity index (χ1) is 12.8. The number of pyridine rings is 1. The maximum atomic E-state index is 12.8. The molecule has 5 nitrogen and oxygen atoms in total. The summed E-state index contributed by atoms with van der Waals surface area (Å²) >= 11 is 0. The number of anilines is 1. The molecule has 136 valence electrons. The van der Waals surface area contributed by atoms with Crippen molar-refractivity contribution >= 4 is 11.7 Å². The van der Waals surface area contributed by atoms with E-state index in [2.05, 4.69) is 39.5 Å². The third-order valence-corrected chi connectivity index (χ3v) is 5.34. The van der Waals surface area contributed by atoms with Crippen molar-refractivity contribution in [2.75, 3.05) is 37.6 Å². The van der Waals surface area contributed by atoms with Crippen LogP contribution in [0.1, 0.15) is 41.2 Å². The third-order valence-electron chi connectivity index (χ3n) is 5.34. The summed E-state index contributed by atoms with van der Waals surface area (Å²) in [6, 6.07) is 14.6. The molecule has 1 amide bonds. The SMILES string of the molecule is O=C(c1ccnc(N2CCNC(c3ccccc3)C2)c1)N1CCCCC1. The van der Waals surface area contributed by atoms with Gasteiger partial charge in [0.15, 0.2) is 0 Å². The van der Waals surface area contributed by atoms with Crippen molar-refractivity contribution in [3.63, 3.8) is 0 Å². The van der Waals surface area contributed by atoms with E-state index >= 15 is 0 Å². The minimum atomic E-state index is 0.142. The standard InChI is InChI=1S/C21H26N4O/c26-21(24-12-5-2-6-13-24)18-9-10-23-20(15-18)25-14-11-22-19(16-25)17-7-3-1-4-8-17/h1,3-4,7-10,15,19,22H,2,5-6,11-14,16H2. The number of piperidine rings is 1. The van der Waals surface area contributed by atoms with Gasteiger partial charge in [0.1, 0.15) is 5.82 Å². The first kappa shape index (κ1) is 17.0. The Morgan fingerprint density at radius 2 is 1.85 bits per heavy atom. The normalized spacial score (nSPS) is 20.8. The molecule has 0 spiro atoms. The van der Waals surface area contributed by atoms with Gasteiger partial charge in [-0.05, 0) is 37.0 Å². The van der Waals surface area contributed by atoms with Gasteiger partial charge < -0.3 is 15.1 Å². The molecule has 26 heavy (non-hydrogen) atoms. The minimum Gasteiger partial charge on any atom is -0.353 e. The van der Waals surface area contributed by atoms with Gasteiger partial charge in [-0.3, -0.25) is 4.79 Å². The van der Waals surface area contributed by atoms with Crippen molar-refractivity contribution in [1.29, 1.82) is 0 Å². The van der Waals surface area contributed by atoms with Gasteiger partial charge in [0, 0.05) is 50.5 Å². The zero-order valence-corrected chi connectivity index (χ0v) is 15.1. The summed E-state index contributed by atoms with van der Waals surface area (Å²) in [5.41, 5.74) is 2.05. The topological polar surface area (TPSA) is 48.5 Å². The van der Waals surface area contributed by atoms with E-state index in [-0.39, 0.29) is 11.9 Å². The number of hydrogen-bond acceptors (Lipinski definition) is 4. The monoisotopic (exact) mass is 350 g/mol. The molecule has 5 heteroatoms. The van der Waals surface area contributed by atoms with Crippen LogP contribution in [-0.4, -0.2) is 48.5 Å². The molecule has 0 bridgehead atoms. The highest BCUT2D eigenvalue weighted by Gasteiger charge is 2.23. The number of benzene rings is 1. The lowest BCUT2D eigenvalue weighted by atomic mass is 10.0. The third kappa shape index (κ3) is 3.73. The Morgan fingerprint density at radius 1 is 1.04 bits per heavy atom. The van der Waals surface area contributed by atoms with Crippen LogP contribution < -0.4 is 10.2 Å². The molecule has 2 fully saturated rings. The largest absolute Gasteiger partial charge is 0.353 e. The van der Waals surface area contributed by atoms with Crippen molar-refractivity contribution in [3.05, 3.63) is 59.8 Å². The van der Waals surface area contributed by atoms with Crippen LogP contribution in [0, 0.1) is 0 Å². The van der Waals surface area contributed by atoms with Crippen LogP contribution in [0.2, 0.25) is 0 Å². The van der Waals surface area contributed by atoms with E-state index in [1.165, 1.54) is 12.0 Å². The summed E-state index contributed by atoms with van der Waals surface area (Å²) in [6.45, 7) is 4.42. The molecule has 1 aromatic carbocycles. The number of hydrogen-bond donors (Lipinski definition) is 1. The highest BCUT2D eigenvalue weighted by Crippen LogP contribution is 2.22. The van der Waals surface area contributed by atoms with E-state index in [4.69, 9.17) is 0 Å². The van der Waals surface area contributed by atoms with Crippen LogP contribution in [-0.2, 0) is 0 Å². The number of amides is 1. The number of rotatable bonds is 3. The lowest BCUT2D eigenvalue weighted by molar-refractivity contribution is 0.0724. The van der Waals surface area contributed by atoms with Gasteiger partial charge >= 0.3 is 0 Å². The molecule has 0 radical (unpaired) electrons. The highest BCUT2D eigenvalue weighted by atomic mass is 16.2. The summed E-state index contributed by atoms with van der Waals surface area (Å²) in [4.78, 5) is 21.6. The maximum absolute atomic E-state index is 12.8. The summed E-state index contributed by atoms with van der Waals surface area (Å²) in [7, 11) is 0. The first-order valence-corrected chi connectivity index (χ1v) is 9.60. The molecule has 4 rings (SSSR count). The number of carbonyl (C=O) groups is 1. The number of aromatic nitrogens is 1. The summed E-state index contributed by atoms with van der Waals surface area (Å²) in [6.07, 6.45) is 5.22. The summed E-state index contributed by atoms with van der Waals surface area (Å²) in [5, 5.41) is 3.58. The summed E-state index contributed by atoms with van der Waals surface area (Å²) < 4.78 is 0. The Bertz CT molecular complexity index is 743. The zero-order chi connectivity index (χ0) is 17.8. The Morgan fingerprint density at radius 3 is 2.65 bits per heavy atom. The molecular formula is C21H26N4O. The van der Waals surface area contributed by atoms with E-state index < -0.39 is 0 Å². The predicted molar refractivity (Wildman–Crippen MR) is 103 cm³/mol. The number of carbonyl (C=O) groups excluding carboxylic acids is 1. The average Bonchev–Trinajstić information content (AvgIpc) is 2.75. The molecule has 1 unspecified atom stereocenters. The van der Waals surface area contributed by atoms with Crippen LogP contribution in [0.15, 0.2) is 48.7 Å². The van der Waals surface area contributed by atoms with Crippen molar-refractivity contribution in [2.24, 2.45) is 0 Å². The number of piperazine rings is 1. The van der Waals surface area contributed by atoms with Gasteiger partial charge in [-0.1, -0.05) is 30.3 Å². The van der Waals surface area contributed by atoms with Crippen molar-refractivity contribution in [2.45, 2.75) is 25.3 Å². The molecular weight excluding hydrogens is 324 g/mol. The van der Waals surface area contributed by atoms with Crippen LogP contribution in [0.5, 0.6) is 0 Å². The fourth-order valence-corrected chi connectivity index (χ4v) is 3.87. The lowest BCUT2D eigenvalue weighted by Gasteiger charge is -2.35. The smallest absolute Gasteiger partial charge is 0.254 e. The second-order valence-corrected chi connectivity index (χ2v) is 7.12. The van der Waals surface area contributed by atoms with Crippen LogP contribution in [0.4, 0.5) is 5.82 Å². The van der Waals surface area contributed by atoms with Gasteiger partial charge in [0.2, 0.25) is 0 Å². The molecule has 2 saturated heterocycles. The van der Waals surface area contributed by atoms with Crippen LogP contribution in [0.25, 0.3) is 0 Å². The lowest BCUT2D eigenvalue weighted by Crippen LogP contribution is -2.46. The summed E-state index contributed by atoms with van der Waals surface area (Å²) in [5.74, 6) is 1.04. The Hall–Kier alpha value is -2.40. The van der Waals surface area contributed by atoms with Gasteiger partial charge in [-0.25, -0.2) is 4.98 Å². The van der Waals surface area contributed by atoms with E-state index in [1.807, 2.05) is 23.1 Å². The zero-order valence-electron chi connectivity index (χ0n) is 15.1. The van der Waals surface area contributed by atoms with E-state index in [9.17, 15) is 4.79 Å². The Balaban J connectivity index is 1.49. The van der Waals surface area contributed by atoms with Crippen molar-refractivity contribution in [3.8, 4) is 0 Å². The van der Waals surface area contributed by atoms with Gasteiger partial charge in [-0.15, -0.1) is 0 Å². The van der Waals surface area contributed by atoms with Gasteiger partial charge in [0.05, 0.1) is 0 Å². The molecule has 1 N–H and O–H groups in total. The Kier molecular flexibility index (Phi) is 5.16. The average molecular weight is 350 g/mol. The molecule has 1 atom stereocenters. The number of nitrogens with zero attached hydrogens (tertiary/aromatic N) is 3. The number of likely N-dealkylation sites (tertiary alicyclic amines) is 1. The van der Waals surface area contributed by atoms with E-state index in [0.29, 0.717) is 0 Å². The molecule has 3 heterocycles. The van der Waals surface area contributed by atoms with E-state index in [0.717, 1.165) is 56.9 Å². The first-order valence-electron chi connectivity index (χ1n) is 9.60. The molecule has 0 saturated carbocycles. The van der Waals surface area contributed by atoms with E-state index in [1.54, 1.807) is 6.20 Å². The second-order valence-electron chi connectivity index (χ2n) is 7.12. The minimum absolute atomic E-state index is 0.142. The van der Waals surface area contributed by atoms with Gasteiger partial charge in [0.25, 0.3) is 5.91 Å².